The molecule has 0 aromatic carbocycles. The fourth-order valence-electron chi connectivity index (χ4n) is 4.24. The van der Waals surface area contributed by atoms with Crippen LogP contribution in [0.15, 0.2) is 78.6 Å². The highest BCUT2D eigenvalue weighted by molar-refractivity contribution is 5.77. The molecule has 1 aromatic rings. The monoisotopic (exact) mass is 504 g/mol. The van der Waals surface area contributed by atoms with Gasteiger partial charge < -0.3 is 9.64 Å². The Hall–Kier alpha value is -3.21. The summed E-state index contributed by atoms with van der Waals surface area (Å²) >= 11 is 0. The molecule has 2 rings (SSSR count). The van der Waals surface area contributed by atoms with Gasteiger partial charge in [0.15, 0.2) is 6.29 Å². The van der Waals surface area contributed by atoms with Crippen LogP contribution in [0.3, 0.4) is 0 Å². The molecule has 6 nitrogen and oxygen atoms in total. The summed E-state index contributed by atoms with van der Waals surface area (Å²) in [6.07, 6.45) is 22.4. The first-order valence-corrected chi connectivity index (χ1v) is 13.4. The number of ether oxygens (including phenoxy) is 1. The number of anilines is 1. The second-order valence-electron chi connectivity index (χ2n) is 9.37. The normalized spacial score (nSPS) is 15.4. The smallest absolute Gasteiger partial charge is 0.226 e. The van der Waals surface area contributed by atoms with Gasteiger partial charge in [-0.2, -0.15) is 0 Å². The Labute approximate surface area is 223 Å². The highest BCUT2D eigenvalue weighted by atomic mass is 16.5. The first-order chi connectivity index (χ1) is 18.0. The van der Waals surface area contributed by atoms with Gasteiger partial charge in [0.05, 0.1) is 23.7 Å². The molecule has 0 radical (unpaired) electrons. The Kier molecular flexibility index (Phi) is 12.8. The second kappa shape index (κ2) is 15.8. The largest absolute Gasteiger partial charge is 0.374 e. The molecular weight excluding hydrogens is 460 g/mol. The van der Waals surface area contributed by atoms with E-state index in [0.29, 0.717) is 12.2 Å². The van der Waals surface area contributed by atoms with Gasteiger partial charge in [0.25, 0.3) is 0 Å². The Balaban J connectivity index is 2.00. The number of nitrogens with zero attached hydrogens (tertiary/aromatic N) is 4. The van der Waals surface area contributed by atoms with E-state index >= 15 is 0 Å². The van der Waals surface area contributed by atoms with Crippen molar-refractivity contribution < 1.29 is 9.53 Å². The van der Waals surface area contributed by atoms with E-state index in [1.807, 2.05) is 12.2 Å². The summed E-state index contributed by atoms with van der Waals surface area (Å²) < 4.78 is 8.05. The second-order valence-corrected chi connectivity index (χ2v) is 9.37. The molecule has 1 aliphatic rings. The van der Waals surface area contributed by atoms with Crippen LogP contribution in [0.1, 0.15) is 65.1 Å². The predicted octanol–water partition coefficient (Wildman–Crippen LogP) is 6.35. The van der Waals surface area contributed by atoms with Crippen LogP contribution in [0.4, 0.5) is 5.95 Å². The van der Waals surface area contributed by atoms with Crippen molar-refractivity contribution in [2.45, 2.75) is 70.8 Å². The van der Waals surface area contributed by atoms with Gasteiger partial charge in [0.2, 0.25) is 5.95 Å². The average molecular weight is 505 g/mol. The fourth-order valence-corrected chi connectivity index (χ4v) is 4.24. The average Bonchev–Trinajstić information content (AvgIpc) is 3.61. The quantitative estimate of drug-likeness (QED) is 0.0766. The standard InChI is InChI=1S/C31H44N4O2/c1-7-11-13-15-19-28(9-3)31(21-22-31)29-32-33-30(34(29)6)35(10-4)23-20-26(5)37-24-16-18-27(25-36)17-14-12-8-2/h8-9,13-17,19,25-26H,2-3,7,10-12,20-24H2,1,4-6H3/b15-13-,17-14-,28-19+. The maximum atomic E-state index is 11.1. The predicted molar refractivity (Wildman–Crippen MR) is 154 cm³/mol. The van der Waals surface area contributed by atoms with E-state index in [1.165, 1.54) is 5.57 Å². The van der Waals surface area contributed by atoms with E-state index in [0.717, 1.165) is 69.7 Å². The zero-order valence-corrected chi connectivity index (χ0v) is 23.2. The maximum Gasteiger partial charge on any atom is 0.226 e. The first-order valence-electron chi connectivity index (χ1n) is 13.4. The molecule has 1 unspecified atom stereocenters. The molecule has 0 spiro atoms. The fraction of sp³-hybridized carbons (Fsp3) is 0.484. The van der Waals surface area contributed by atoms with Crippen LogP contribution >= 0.6 is 0 Å². The van der Waals surface area contributed by atoms with Crippen LogP contribution in [0.25, 0.3) is 0 Å². The minimum absolute atomic E-state index is 0.0516. The Bertz CT molecular complexity index is 1050. The lowest BCUT2D eigenvalue weighted by Gasteiger charge is -2.24. The number of allylic oxidation sites excluding steroid dienone is 8. The van der Waals surface area contributed by atoms with E-state index in [2.05, 4.69) is 84.6 Å². The molecule has 200 valence electrons. The van der Waals surface area contributed by atoms with Crippen molar-refractivity contribution in [1.82, 2.24) is 14.8 Å². The molecule has 1 aliphatic carbocycles. The van der Waals surface area contributed by atoms with Crippen LogP contribution in [-0.4, -0.2) is 46.9 Å². The highest BCUT2D eigenvalue weighted by Gasteiger charge is 2.50. The van der Waals surface area contributed by atoms with Gasteiger partial charge in [-0.1, -0.05) is 56.4 Å². The number of aromatic nitrogens is 3. The summed E-state index contributed by atoms with van der Waals surface area (Å²) in [6.45, 7) is 16.2. The third-order valence-electron chi connectivity index (χ3n) is 6.60. The Morgan fingerprint density at radius 2 is 2.05 bits per heavy atom. The van der Waals surface area contributed by atoms with Crippen molar-refractivity contribution in [1.29, 1.82) is 0 Å². The van der Waals surface area contributed by atoms with Gasteiger partial charge in [0.1, 0.15) is 5.82 Å². The summed E-state index contributed by atoms with van der Waals surface area (Å²) in [5.74, 6) is 1.89. The van der Waals surface area contributed by atoms with Crippen LogP contribution in [-0.2, 0) is 22.0 Å². The third-order valence-corrected chi connectivity index (χ3v) is 6.60. The number of hydrogen-bond acceptors (Lipinski definition) is 5. The van der Waals surface area contributed by atoms with Crippen molar-refractivity contribution in [3.8, 4) is 0 Å². The molecule has 37 heavy (non-hydrogen) atoms. The van der Waals surface area contributed by atoms with Gasteiger partial charge >= 0.3 is 0 Å². The van der Waals surface area contributed by atoms with E-state index in [4.69, 9.17) is 4.74 Å². The van der Waals surface area contributed by atoms with Gasteiger partial charge in [0, 0.05) is 20.1 Å². The molecule has 1 heterocycles. The first kappa shape index (κ1) is 30.0. The SMILES string of the molecule is C=CC/C=C\C(=C=CCOC(C)CCN(CC)c1nnc(C2(/C(C=C)=C/C=C\CCC)CC2)n1C)C=O. The Morgan fingerprint density at radius 1 is 1.27 bits per heavy atom. The zero-order chi connectivity index (χ0) is 27.1. The molecule has 1 fully saturated rings. The molecule has 1 aromatic heterocycles. The van der Waals surface area contributed by atoms with Crippen LogP contribution in [0.5, 0.6) is 0 Å². The number of unbranched alkanes of at least 4 members (excludes halogenated alkanes) is 1. The van der Waals surface area contributed by atoms with Crippen LogP contribution < -0.4 is 4.90 Å². The van der Waals surface area contributed by atoms with Gasteiger partial charge in [-0.3, -0.25) is 9.36 Å². The maximum absolute atomic E-state index is 11.1. The van der Waals surface area contributed by atoms with Crippen LogP contribution in [0, 0.1) is 0 Å². The van der Waals surface area contributed by atoms with E-state index < -0.39 is 0 Å². The molecule has 0 N–H and O–H groups in total. The molecule has 0 aliphatic heterocycles. The minimum Gasteiger partial charge on any atom is -0.374 e. The Morgan fingerprint density at radius 3 is 2.68 bits per heavy atom. The summed E-state index contributed by atoms with van der Waals surface area (Å²) in [5.41, 5.74) is 4.60. The summed E-state index contributed by atoms with van der Waals surface area (Å²) in [4.78, 5) is 13.4. The highest BCUT2D eigenvalue weighted by Crippen LogP contribution is 2.53. The van der Waals surface area contributed by atoms with Crippen molar-refractivity contribution in [3.05, 3.63) is 84.5 Å². The molecule has 0 amide bonds. The molecule has 6 heteroatoms. The van der Waals surface area contributed by atoms with Gasteiger partial charge in [-0.05, 0) is 63.7 Å². The molecule has 0 saturated heterocycles. The lowest BCUT2D eigenvalue weighted by molar-refractivity contribution is -0.104. The van der Waals surface area contributed by atoms with Crippen molar-refractivity contribution >= 4 is 12.2 Å². The van der Waals surface area contributed by atoms with Crippen molar-refractivity contribution in [3.63, 3.8) is 0 Å². The summed E-state index contributed by atoms with van der Waals surface area (Å²) in [6, 6.07) is 0. The number of carbonyl (C=O) groups excluding carboxylic acids is 1. The van der Waals surface area contributed by atoms with Crippen molar-refractivity contribution in [2.24, 2.45) is 7.05 Å². The number of rotatable bonds is 18. The molecular formula is C31H44N4O2. The third kappa shape index (κ3) is 8.70. The number of aldehydes is 1. The van der Waals surface area contributed by atoms with Gasteiger partial charge in [-0.15, -0.1) is 22.5 Å². The molecule has 0 bridgehead atoms. The van der Waals surface area contributed by atoms with E-state index in [-0.39, 0.29) is 11.5 Å². The summed E-state index contributed by atoms with van der Waals surface area (Å²) in [5, 5.41) is 9.23. The zero-order valence-electron chi connectivity index (χ0n) is 23.2. The minimum atomic E-state index is -0.0881. The van der Waals surface area contributed by atoms with Gasteiger partial charge in [-0.25, -0.2) is 0 Å². The van der Waals surface area contributed by atoms with Crippen molar-refractivity contribution in [2.75, 3.05) is 24.6 Å². The lowest BCUT2D eigenvalue weighted by Crippen LogP contribution is -2.30. The van der Waals surface area contributed by atoms with E-state index in [1.54, 1.807) is 18.2 Å². The van der Waals surface area contributed by atoms with Crippen LogP contribution in [0.2, 0.25) is 0 Å². The topological polar surface area (TPSA) is 60.2 Å². The van der Waals surface area contributed by atoms with E-state index in [9.17, 15) is 4.79 Å². The summed E-state index contributed by atoms with van der Waals surface area (Å²) in [7, 11) is 2.06. The molecule has 1 saturated carbocycles. The number of hydrogen-bond donors (Lipinski definition) is 0. The molecule has 1 atom stereocenters. The lowest BCUT2D eigenvalue weighted by atomic mass is 9.94. The number of carbonyl (C=O) groups is 1.